The van der Waals surface area contributed by atoms with Crippen molar-refractivity contribution in [3.8, 4) is 11.5 Å². The number of benzene rings is 1. The lowest BCUT2D eigenvalue weighted by Crippen LogP contribution is -2.44. The van der Waals surface area contributed by atoms with Gasteiger partial charge >= 0.3 is 6.61 Å². The van der Waals surface area contributed by atoms with Gasteiger partial charge in [-0.2, -0.15) is 8.78 Å². The number of alkyl halides is 2. The van der Waals surface area contributed by atoms with Gasteiger partial charge in [0.1, 0.15) is 11.5 Å². The summed E-state index contributed by atoms with van der Waals surface area (Å²) < 4.78 is 35.7. The lowest BCUT2D eigenvalue weighted by Gasteiger charge is -2.22. The molecule has 2 aromatic rings. The third kappa shape index (κ3) is 7.05. The van der Waals surface area contributed by atoms with Crippen molar-refractivity contribution in [2.45, 2.75) is 46.4 Å². The number of nitrogens with zero attached hydrogens (tertiary/aromatic N) is 3. The van der Waals surface area contributed by atoms with Crippen LogP contribution in [0.25, 0.3) is 0 Å². The van der Waals surface area contributed by atoms with E-state index in [1.807, 2.05) is 26.8 Å². The first-order valence-electron chi connectivity index (χ1n) is 10.8. The smallest absolute Gasteiger partial charge is 0.387 e. The van der Waals surface area contributed by atoms with Crippen molar-refractivity contribution in [1.82, 2.24) is 15.6 Å². The molecule has 2 N–H and O–H groups in total. The molecule has 0 amide bonds. The maximum atomic E-state index is 12.8. The van der Waals surface area contributed by atoms with Crippen LogP contribution in [0.2, 0.25) is 0 Å². The fourth-order valence-corrected chi connectivity index (χ4v) is 3.91. The van der Waals surface area contributed by atoms with E-state index >= 15 is 0 Å². The van der Waals surface area contributed by atoms with Gasteiger partial charge in [0.2, 0.25) is 0 Å². The number of para-hydroxylation sites is 2. The Morgan fingerprint density at radius 2 is 2.06 bits per heavy atom. The first-order chi connectivity index (χ1) is 15.4. The largest absolute Gasteiger partial charge is 0.496 e. The second-order valence-electron chi connectivity index (χ2n) is 7.66. The van der Waals surface area contributed by atoms with Crippen molar-refractivity contribution in [2.75, 3.05) is 31.6 Å². The molecule has 182 valence electrons. The number of anilines is 1. The van der Waals surface area contributed by atoms with E-state index in [2.05, 4.69) is 25.3 Å². The van der Waals surface area contributed by atoms with Crippen molar-refractivity contribution in [3.05, 3.63) is 47.3 Å². The third-order valence-electron chi connectivity index (χ3n) is 5.43. The third-order valence-corrected chi connectivity index (χ3v) is 5.43. The predicted octanol–water partition coefficient (Wildman–Crippen LogP) is 4.26. The minimum Gasteiger partial charge on any atom is -0.496 e. The highest BCUT2D eigenvalue weighted by Crippen LogP contribution is 2.31. The van der Waals surface area contributed by atoms with Gasteiger partial charge in [0.05, 0.1) is 25.0 Å². The minimum atomic E-state index is -2.85. The molecule has 1 aliphatic rings. The van der Waals surface area contributed by atoms with Crippen molar-refractivity contribution < 1.29 is 18.3 Å². The molecular formula is C23H32F2IN5O2. The summed E-state index contributed by atoms with van der Waals surface area (Å²) in [7, 11) is 1.66. The summed E-state index contributed by atoms with van der Waals surface area (Å²) in [6, 6.07) is 7.01. The summed E-state index contributed by atoms with van der Waals surface area (Å²) in [5.74, 6) is 1.72. The molecule has 0 bridgehead atoms. The highest BCUT2D eigenvalue weighted by atomic mass is 127. The van der Waals surface area contributed by atoms with E-state index in [1.165, 1.54) is 0 Å². The van der Waals surface area contributed by atoms with E-state index in [9.17, 15) is 8.78 Å². The number of guanidine groups is 1. The molecular weight excluding hydrogens is 543 g/mol. The number of aliphatic imine (C=N–C) groups is 1. The van der Waals surface area contributed by atoms with Gasteiger partial charge in [0.15, 0.2) is 5.96 Å². The first-order valence-corrected chi connectivity index (χ1v) is 10.8. The van der Waals surface area contributed by atoms with Gasteiger partial charge in [-0.05, 0) is 39.3 Å². The minimum absolute atomic E-state index is 0. The molecule has 0 aliphatic carbocycles. The molecule has 3 rings (SSSR count). The van der Waals surface area contributed by atoms with Gasteiger partial charge in [-0.3, -0.25) is 4.98 Å². The van der Waals surface area contributed by atoms with Crippen LogP contribution in [0.4, 0.5) is 14.5 Å². The number of methoxy groups -OCH3 is 1. The zero-order chi connectivity index (χ0) is 23.1. The second kappa shape index (κ2) is 12.8. The highest BCUT2D eigenvalue weighted by molar-refractivity contribution is 14.0. The Labute approximate surface area is 211 Å². The number of halogens is 3. The molecule has 0 radical (unpaired) electrons. The molecule has 1 aromatic heterocycles. The number of aryl methyl sites for hydroxylation is 1. The molecule has 1 fully saturated rings. The van der Waals surface area contributed by atoms with Gasteiger partial charge in [-0.15, -0.1) is 24.0 Å². The molecule has 1 unspecified atom stereocenters. The Balaban J connectivity index is 0.00000385. The van der Waals surface area contributed by atoms with Gasteiger partial charge < -0.3 is 25.0 Å². The van der Waals surface area contributed by atoms with Crippen molar-refractivity contribution in [2.24, 2.45) is 4.99 Å². The lowest BCUT2D eigenvalue weighted by atomic mass is 10.1. The number of hydrogen-bond donors (Lipinski definition) is 2. The van der Waals surface area contributed by atoms with Crippen LogP contribution in [0.1, 0.15) is 30.2 Å². The van der Waals surface area contributed by atoms with Crippen LogP contribution < -0.4 is 25.0 Å². The van der Waals surface area contributed by atoms with E-state index in [1.54, 1.807) is 31.5 Å². The molecule has 1 atom stereocenters. The average Bonchev–Trinajstić information content (AvgIpc) is 3.22. The molecule has 1 aromatic carbocycles. The first kappa shape index (κ1) is 26.9. The Kier molecular flexibility index (Phi) is 10.4. The number of hydrogen-bond acceptors (Lipinski definition) is 5. The zero-order valence-electron chi connectivity index (χ0n) is 19.4. The molecule has 1 aliphatic heterocycles. The molecule has 1 saturated heterocycles. The molecule has 7 nitrogen and oxygen atoms in total. The van der Waals surface area contributed by atoms with Crippen LogP contribution in [-0.4, -0.2) is 50.3 Å². The van der Waals surface area contributed by atoms with E-state index in [0.29, 0.717) is 24.7 Å². The van der Waals surface area contributed by atoms with Gasteiger partial charge in [0.25, 0.3) is 0 Å². The number of pyridine rings is 1. The van der Waals surface area contributed by atoms with Crippen molar-refractivity contribution >= 4 is 35.6 Å². The SMILES string of the molecule is CCNC(=NCc1ncc(C)c(OC)c1C)NC1CCN(c2ccccc2OC(F)F)C1.I. The molecule has 2 heterocycles. The standard InChI is InChI=1S/C23H31F2N5O2.HI/c1-5-26-23(28-13-18-16(3)21(31-4)15(2)12-27-18)29-17-10-11-30(14-17)19-8-6-7-9-20(19)32-22(24)25;/h6-9,12,17,22H,5,10-11,13-14H2,1-4H3,(H2,26,28,29);1H. The van der Waals surface area contributed by atoms with Crippen LogP contribution in [0, 0.1) is 13.8 Å². The van der Waals surface area contributed by atoms with E-state index in [-0.39, 0.29) is 35.8 Å². The van der Waals surface area contributed by atoms with Crippen LogP contribution in [0.3, 0.4) is 0 Å². The van der Waals surface area contributed by atoms with Crippen molar-refractivity contribution in [1.29, 1.82) is 0 Å². The summed E-state index contributed by atoms with van der Waals surface area (Å²) in [5, 5.41) is 6.72. The van der Waals surface area contributed by atoms with Gasteiger partial charge in [-0.25, -0.2) is 4.99 Å². The monoisotopic (exact) mass is 575 g/mol. The van der Waals surface area contributed by atoms with Crippen LogP contribution >= 0.6 is 24.0 Å². The van der Waals surface area contributed by atoms with E-state index in [0.717, 1.165) is 42.1 Å². The number of aromatic nitrogens is 1. The summed E-state index contributed by atoms with van der Waals surface area (Å²) in [6.45, 7) is 5.63. The number of ether oxygens (including phenoxy) is 2. The highest BCUT2D eigenvalue weighted by Gasteiger charge is 2.26. The average molecular weight is 575 g/mol. The number of nitrogens with one attached hydrogen (secondary N) is 2. The molecule has 0 saturated carbocycles. The predicted molar refractivity (Wildman–Crippen MR) is 137 cm³/mol. The summed E-state index contributed by atoms with van der Waals surface area (Å²) in [4.78, 5) is 11.3. The lowest BCUT2D eigenvalue weighted by molar-refractivity contribution is -0.0495. The van der Waals surface area contributed by atoms with Crippen LogP contribution in [0.15, 0.2) is 35.5 Å². The van der Waals surface area contributed by atoms with Gasteiger partial charge in [0, 0.05) is 43.0 Å². The van der Waals surface area contributed by atoms with E-state index < -0.39 is 6.61 Å². The fourth-order valence-electron chi connectivity index (χ4n) is 3.91. The maximum Gasteiger partial charge on any atom is 0.387 e. The number of rotatable bonds is 8. The maximum absolute atomic E-state index is 12.8. The van der Waals surface area contributed by atoms with E-state index in [4.69, 9.17) is 9.73 Å². The Morgan fingerprint density at radius 1 is 1.30 bits per heavy atom. The quantitative estimate of drug-likeness (QED) is 0.279. The summed E-state index contributed by atoms with van der Waals surface area (Å²) in [6.07, 6.45) is 2.65. The Bertz CT molecular complexity index is 945. The summed E-state index contributed by atoms with van der Waals surface area (Å²) >= 11 is 0. The second-order valence-corrected chi connectivity index (χ2v) is 7.66. The Morgan fingerprint density at radius 3 is 2.76 bits per heavy atom. The fraction of sp³-hybridized carbons (Fsp3) is 0.478. The summed E-state index contributed by atoms with van der Waals surface area (Å²) in [5.41, 5.74) is 3.50. The van der Waals surface area contributed by atoms with Gasteiger partial charge in [-0.1, -0.05) is 12.1 Å². The topological polar surface area (TPSA) is 71.0 Å². The zero-order valence-corrected chi connectivity index (χ0v) is 21.7. The van der Waals surface area contributed by atoms with Crippen LogP contribution in [0.5, 0.6) is 11.5 Å². The van der Waals surface area contributed by atoms with Crippen molar-refractivity contribution in [3.63, 3.8) is 0 Å². The Hall–Kier alpha value is -2.37. The molecule has 0 spiro atoms. The normalized spacial score (nSPS) is 15.9. The molecule has 33 heavy (non-hydrogen) atoms. The molecule has 10 heteroatoms. The van der Waals surface area contributed by atoms with Crippen LogP contribution in [-0.2, 0) is 6.54 Å².